The molecule has 0 saturated carbocycles. The van der Waals surface area contributed by atoms with Crippen LogP contribution < -0.4 is 0 Å². The van der Waals surface area contributed by atoms with E-state index in [4.69, 9.17) is 0 Å². The van der Waals surface area contributed by atoms with Gasteiger partial charge in [0.2, 0.25) is 15.9 Å². The van der Waals surface area contributed by atoms with E-state index < -0.39 is 10.0 Å². The Hall–Kier alpha value is -2.03. The standard InChI is InChI=1S/C22H31N3O4S/c1-3-25(20-7-5-4-6-8-20)22(27)17-23-13-15-24(16-14-23)30(28,29)21-11-9-19(10-12-21)18(2)26/h7,9-12H,3-6,8,13-17H2,1-2H3. The minimum absolute atomic E-state index is 0.0850. The number of piperazine rings is 1. The van der Waals surface area contributed by atoms with E-state index in [1.165, 1.54) is 29.8 Å². The van der Waals surface area contributed by atoms with Crippen LogP contribution in [0.5, 0.6) is 0 Å². The Labute approximate surface area is 179 Å². The summed E-state index contributed by atoms with van der Waals surface area (Å²) in [6.07, 6.45) is 6.46. The number of likely N-dealkylation sites (N-methyl/N-ethyl adjacent to an activating group) is 1. The molecule has 1 aromatic rings. The zero-order chi connectivity index (χ0) is 21.7. The number of rotatable bonds is 7. The maximum atomic E-state index is 12.9. The summed E-state index contributed by atoms with van der Waals surface area (Å²) in [7, 11) is -3.60. The Morgan fingerprint density at radius 3 is 2.23 bits per heavy atom. The Bertz CT molecular complexity index is 901. The zero-order valence-electron chi connectivity index (χ0n) is 17.8. The summed E-state index contributed by atoms with van der Waals surface area (Å²) >= 11 is 0. The third-order valence-electron chi connectivity index (χ3n) is 5.82. The highest BCUT2D eigenvalue weighted by Crippen LogP contribution is 2.22. The number of benzene rings is 1. The second-order valence-corrected chi connectivity index (χ2v) is 9.78. The third kappa shape index (κ3) is 5.17. The fraction of sp³-hybridized carbons (Fsp3) is 0.545. The van der Waals surface area contributed by atoms with Crippen LogP contribution in [0.3, 0.4) is 0 Å². The van der Waals surface area contributed by atoms with Gasteiger partial charge in [-0.15, -0.1) is 0 Å². The molecule has 0 unspecified atom stereocenters. The number of carbonyl (C=O) groups is 2. The lowest BCUT2D eigenvalue weighted by atomic mass is 10.0. The number of carbonyl (C=O) groups excluding carboxylic acids is 2. The second-order valence-electron chi connectivity index (χ2n) is 7.84. The smallest absolute Gasteiger partial charge is 0.243 e. The predicted octanol–water partition coefficient (Wildman–Crippen LogP) is 2.50. The summed E-state index contributed by atoms with van der Waals surface area (Å²) in [6.45, 7) is 6.16. The van der Waals surface area contributed by atoms with Gasteiger partial charge in [-0.05, 0) is 51.7 Å². The Kier molecular flexibility index (Phi) is 7.44. The molecule has 2 aliphatic rings. The van der Waals surface area contributed by atoms with E-state index in [-0.39, 0.29) is 16.6 Å². The number of hydrogen-bond acceptors (Lipinski definition) is 5. The van der Waals surface area contributed by atoms with Crippen molar-refractivity contribution in [3.63, 3.8) is 0 Å². The monoisotopic (exact) mass is 433 g/mol. The molecule has 1 aliphatic carbocycles. The summed E-state index contributed by atoms with van der Waals surface area (Å²) in [5, 5.41) is 0. The lowest BCUT2D eigenvalue weighted by molar-refractivity contribution is -0.130. The highest BCUT2D eigenvalue weighted by Gasteiger charge is 2.30. The van der Waals surface area contributed by atoms with Crippen molar-refractivity contribution in [2.75, 3.05) is 39.3 Å². The molecule has 7 nitrogen and oxygen atoms in total. The molecule has 1 aromatic carbocycles. The number of allylic oxidation sites excluding steroid dienone is 2. The molecule has 1 aliphatic heterocycles. The fourth-order valence-electron chi connectivity index (χ4n) is 4.02. The SMILES string of the molecule is CCN(C(=O)CN1CCN(S(=O)(=O)c2ccc(C(C)=O)cc2)CC1)C1=CCCCC1. The van der Waals surface area contributed by atoms with Crippen molar-refractivity contribution < 1.29 is 18.0 Å². The predicted molar refractivity (Wildman–Crippen MR) is 116 cm³/mol. The van der Waals surface area contributed by atoms with E-state index in [1.54, 1.807) is 12.1 Å². The number of nitrogens with zero attached hydrogens (tertiary/aromatic N) is 3. The van der Waals surface area contributed by atoms with E-state index >= 15 is 0 Å². The molecule has 1 heterocycles. The summed E-state index contributed by atoms with van der Waals surface area (Å²) in [4.78, 5) is 28.3. The van der Waals surface area contributed by atoms with E-state index in [1.807, 2.05) is 16.7 Å². The van der Waals surface area contributed by atoms with Crippen molar-refractivity contribution >= 4 is 21.7 Å². The van der Waals surface area contributed by atoms with Gasteiger partial charge in [0, 0.05) is 44.0 Å². The molecule has 0 aromatic heterocycles. The van der Waals surface area contributed by atoms with E-state index in [2.05, 4.69) is 6.08 Å². The molecule has 8 heteroatoms. The minimum Gasteiger partial charge on any atom is -0.316 e. The number of amides is 1. The zero-order valence-corrected chi connectivity index (χ0v) is 18.7. The lowest BCUT2D eigenvalue weighted by Gasteiger charge is -2.35. The highest BCUT2D eigenvalue weighted by atomic mass is 32.2. The van der Waals surface area contributed by atoms with Crippen LogP contribution in [-0.4, -0.2) is 73.5 Å². The van der Waals surface area contributed by atoms with Gasteiger partial charge in [-0.2, -0.15) is 4.31 Å². The molecule has 0 radical (unpaired) electrons. The second kappa shape index (κ2) is 9.85. The van der Waals surface area contributed by atoms with Gasteiger partial charge in [0.05, 0.1) is 11.4 Å². The first kappa shape index (κ1) is 22.7. The molecule has 0 N–H and O–H groups in total. The van der Waals surface area contributed by atoms with Crippen LogP contribution in [0.25, 0.3) is 0 Å². The van der Waals surface area contributed by atoms with Crippen LogP contribution >= 0.6 is 0 Å². The van der Waals surface area contributed by atoms with E-state index in [0.29, 0.717) is 44.8 Å². The lowest BCUT2D eigenvalue weighted by Crippen LogP contribution is -2.51. The summed E-state index contributed by atoms with van der Waals surface area (Å²) < 4.78 is 27.3. The fourth-order valence-corrected chi connectivity index (χ4v) is 5.44. The van der Waals surface area contributed by atoms with Crippen LogP contribution in [0.2, 0.25) is 0 Å². The topological polar surface area (TPSA) is 78.0 Å². The van der Waals surface area contributed by atoms with Crippen molar-refractivity contribution in [1.82, 2.24) is 14.1 Å². The number of hydrogen-bond donors (Lipinski definition) is 0. The quantitative estimate of drug-likeness (QED) is 0.618. The van der Waals surface area contributed by atoms with Gasteiger partial charge >= 0.3 is 0 Å². The van der Waals surface area contributed by atoms with Crippen molar-refractivity contribution in [3.8, 4) is 0 Å². The highest BCUT2D eigenvalue weighted by molar-refractivity contribution is 7.89. The first-order valence-corrected chi connectivity index (χ1v) is 12.1. The van der Waals surface area contributed by atoms with Crippen molar-refractivity contribution in [2.45, 2.75) is 44.4 Å². The Balaban J connectivity index is 1.57. The van der Waals surface area contributed by atoms with Crippen molar-refractivity contribution in [2.24, 2.45) is 0 Å². The van der Waals surface area contributed by atoms with Crippen LogP contribution in [0.1, 0.15) is 49.9 Å². The van der Waals surface area contributed by atoms with Crippen LogP contribution in [0.15, 0.2) is 40.9 Å². The maximum Gasteiger partial charge on any atom is 0.243 e. The first-order chi connectivity index (χ1) is 14.3. The van der Waals surface area contributed by atoms with Crippen molar-refractivity contribution in [1.29, 1.82) is 0 Å². The van der Waals surface area contributed by atoms with Crippen LogP contribution in [-0.2, 0) is 14.8 Å². The molecule has 3 rings (SSSR count). The van der Waals surface area contributed by atoms with E-state index in [9.17, 15) is 18.0 Å². The molecule has 1 saturated heterocycles. The van der Waals surface area contributed by atoms with Gasteiger partial charge < -0.3 is 4.90 Å². The van der Waals surface area contributed by atoms with Gasteiger partial charge in [0.25, 0.3) is 0 Å². The van der Waals surface area contributed by atoms with E-state index in [0.717, 1.165) is 25.0 Å². The van der Waals surface area contributed by atoms with Crippen LogP contribution in [0.4, 0.5) is 0 Å². The maximum absolute atomic E-state index is 12.9. The molecule has 1 fully saturated rings. The molecule has 1 amide bonds. The van der Waals surface area contributed by atoms with Gasteiger partial charge in [0.1, 0.15) is 0 Å². The summed E-state index contributed by atoms with van der Waals surface area (Å²) in [5.41, 5.74) is 1.62. The van der Waals surface area contributed by atoms with Crippen molar-refractivity contribution in [3.05, 3.63) is 41.6 Å². The molecule has 0 bridgehead atoms. The average Bonchev–Trinajstić information content (AvgIpc) is 2.75. The molecule has 0 spiro atoms. The summed E-state index contributed by atoms with van der Waals surface area (Å²) in [5.74, 6) is -0.0101. The normalized spacial score (nSPS) is 18.7. The van der Waals surface area contributed by atoms with Crippen LogP contribution in [0, 0.1) is 0 Å². The van der Waals surface area contributed by atoms with Gasteiger partial charge in [-0.25, -0.2) is 8.42 Å². The molecule has 30 heavy (non-hydrogen) atoms. The van der Waals surface area contributed by atoms with Gasteiger partial charge in [-0.1, -0.05) is 18.2 Å². The molecular weight excluding hydrogens is 402 g/mol. The third-order valence-corrected chi connectivity index (χ3v) is 7.73. The Morgan fingerprint density at radius 1 is 1.03 bits per heavy atom. The van der Waals surface area contributed by atoms with Gasteiger partial charge in [0.15, 0.2) is 5.78 Å². The van der Waals surface area contributed by atoms with Gasteiger partial charge in [-0.3, -0.25) is 14.5 Å². The molecule has 0 atom stereocenters. The molecule has 164 valence electrons. The number of ketones is 1. The average molecular weight is 434 g/mol. The molecular formula is C22H31N3O4S. The Morgan fingerprint density at radius 2 is 1.70 bits per heavy atom. The largest absolute Gasteiger partial charge is 0.316 e. The summed E-state index contributed by atoms with van der Waals surface area (Å²) in [6, 6.07) is 6.06. The number of Topliss-reactive ketones (excluding diaryl/α,β-unsaturated/α-hetero) is 1. The minimum atomic E-state index is -3.60. The first-order valence-electron chi connectivity index (χ1n) is 10.7. The number of sulfonamides is 1.